The van der Waals surface area contributed by atoms with Crippen LogP contribution < -0.4 is 11.1 Å². The number of hydrogen-bond donors (Lipinski definition) is 2. The highest BCUT2D eigenvalue weighted by molar-refractivity contribution is 4.79. The number of hydrogen-bond acceptors (Lipinski definition) is 2. The third-order valence-electron chi connectivity index (χ3n) is 1.45. The molecule has 0 aliphatic carbocycles. The van der Waals surface area contributed by atoms with Crippen molar-refractivity contribution in [3.63, 3.8) is 0 Å². The van der Waals surface area contributed by atoms with E-state index in [4.69, 9.17) is 5.73 Å². The molecule has 0 aromatic carbocycles. The number of nitrogens with two attached hydrogens (primary N) is 1. The SMILES string of the molecule is C[C@H](N)[C@H](C)NC(C)(C)C. The molecule has 0 amide bonds. The van der Waals surface area contributed by atoms with Crippen LogP contribution in [0.15, 0.2) is 0 Å². The minimum atomic E-state index is 0.174. The fourth-order valence-electron chi connectivity index (χ4n) is 0.814. The fraction of sp³-hybridized carbons (Fsp3) is 1.00. The summed E-state index contributed by atoms with van der Waals surface area (Å²) in [6.45, 7) is 10.6. The first-order valence-corrected chi connectivity index (χ1v) is 3.86. The van der Waals surface area contributed by atoms with E-state index in [0.29, 0.717) is 6.04 Å². The Morgan fingerprint density at radius 2 is 1.60 bits per heavy atom. The number of rotatable bonds is 2. The van der Waals surface area contributed by atoms with Crippen LogP contribution in [0.1, 0.15) is 34.6 Å². The molecule has 0 aliphatic heterocycles. The highest BCUT2D eigenvalue weighted by Gasteiger charge is 2.15. The van der Waals surface area contributed by atoms with Crippen LogP contribution >= 0.6 is 0 Å². The summed E-state index contributed by atoms with van der Waals surface area (Å²) >= 11 is 0. The van der Waals surface area contributed by atoms with Gasteiger partial charge in [0.15, 0.2) is 0 Å². The third-order valence-corrected chi connectivity index (χ3v) is 1.45. The third kappa shape index (κ3) is 4.77. The summed E-state index contributed by atoms with van der Waals surface area (Å²) in [7, 11) is 0. The Kier molecular flexibility index (Phi) is 3.33. The van der Waals surface area contributed by atoms with E-state index in [9.17, 15) is 0 Å². The summed E-state index contributed by atoms with van der Waals surface area (Å²) in [4.78, 5) is 0. The summed E-state index contributed by atoms with van der Waals surface area (Å²) in [5.74, 6) is 0. The van der Waals surface area contributed by atoms with Crippen LogP contribution in [0.3, 0.4) is 0 Å². The van der Waals surface area contributed by atoms with Gasteiger partial charge in [-0.05, 0) is 34.6 Å². The van der Waals surface area contributed by atoms with Gasteiger partial charge < -0.3 is 11.1 Å². The molecular formula is C8H20N2. The molecule has 2 atom stereocenters. The maximum atomic E-state index is 5.68. The van der Waals surface area contributed by atoms with Crippen molar-refractivity contribution in [3.05, 3.63) is 0 Å². The van der Waals surface area contributed by atoms with E-state index in [1.807, 2.05) is 6.92 Å². The Morgan fingerprint density at radius 1 is 1.20 bits per heavy atom. The van der Waals surface area contributed by atoms with E-state index >= 15 is 0 Å². The highest BCUT2D eigenvalue weighted by Crippen LogP contribution is 2.01. The van der Waals surface area contributed by atoms with Crippen LogP contribution in [0.4, 0.5) is 0 Å². The topological polar surface area (TPSA) is 38.0 Å². The standard InChI is InChI=1S/C8H20N2/c1-6(9)7(2)10-8(3,4)5/h6-7,10H,9H2,1-5H3/t6-,7-/m0/s1. The van der Waals surface area contributed by atoms with Crippen LogP contribution in [0.2, 0.25) is 0 Å². The minimum Gasteiger partial charge on any atom is -0.327 e. The molecule has 0 aromatic rings. The molecule has 0 aromatic heterocycles. The van der Waals surface area contributed by atoms with Crippen LogP contribution in [0.25, 0.3) is 0 Å². The van der Waals surface area contributed by atoms with E-state index < -0.39 is 0 Å². The van der Waals surface area contributed by atoms with E-state index in [0.717, 1.165) is 0 Å². The predicted octanol–water partition coefficient (Wildman–Crippen LogP) is 1.11. The van der Waals surface area contributed by atoms with Gasteiger partial charge in [-0.2, -0.15) is 0 Å². The molecule has 0 rings (SSSR count). The second-order valence-corrected chi connectivity index (χ2v) is 4.04. The van der Waals surface area contributed by atoms with Crippen molar-refractivity contribution in [1.29, 1.82) is 0 Å². The maximum Gasteiger partial charge on any atom is 0.0192 e. The second kappa shape index (κ2) is 3.35. The van der Waals surface area contributed by atoms with Crippen molar-refractivity contribution < 1.29 is 0 Å². The first kappa shape index (κ1) is 9.92. The van der Waals surface area contributed by atoms with Crippen molar-refractivity contribution in [2.45, 2.75) is 52.2 Å². The molecule has 10 heavy (non-hydrogen) atoms. The maximum absolute atomic E-state index is 5.68. The fourth-order valence-corrected chi connectivity index (χ4v) is 0.814. The number of nitrogens with one attached hydrogen (secondary N) is 1. The van der Waals surface area contributed by atoms with Gasteiger partial charge in [0, 0.05) is 17.6 Å². The summed E-state index contributed by atoms with van der Waals surface area (Å²) in [5, 5.41) is 3.39. The van der Waals surface area contributed by atoms with Gasteiger partial charge in [-0.25, -0.2) is 0 Å². The van der Waals surface area contributed by atoms with E-state index in [1.165, 1.54) is 0 Å². The molecule has 62 valence electrons. The zero-order chi connectivity index (χ0) is 8.36. The van der Waals surface area contributed by atoms with Gasteiger partial charge in [0.05, 0.1) is 0 Å². The van der Waals surface area contributed by atoms with Crippen molar-refractivity contribution in [1.82, 2.24) is 5.32 Å². The first-order chi connectivity index (χ1) is 4.33. The Balaban J connectivity index is 3.68. The zero-order valence-corrected chi connectivity index (χ0v) is 7.73. The molecule has 0 heterocycles. The summed E-state index contributed by atoms with van der Waals surface area (Å²) in [5.41, 5.74) is 5.85. The normalized spacial score (nSPS) is 18.6. The first-order valence-electron chi connectivity index (χ1n) is 3.86. The Morgan fingerprint density at radius 3 is 1.70 bits per heavy atom. The lowest BCUT2D eigenvalue weighted by Crippen LogP contribution is -2.49. The molecule has 0 aliphatic rings. The zero-order valence-electron chi connectivity index (χ0n) is 7.73. The van der Waals surface area contributed by atoms with Gasteiger partial charge in [0.25, 0.3) is 0 Å². The van der Waals surface area contributed by atoms with Crippen molar-refractivity contribution in [2.24, 2.45) is 5.73 Å². The summed E-state index contributed by atoms with van der Waals surface area (Å²) in [6, 6.07) is 0.610. The van der Waals surface area contributed by atoms with Gasteiger partial charge in [-0.3, -0.25) is 0 Å². The van der Waals surface area contributed by atoms with Crippen LogP contribution in [-0.2, 0) is 0 Å². The lowest BCUT2D eigenvalue weighted by Gasteiger charge is -2.28. The van der Waals surface area contributed by atoms with Gasteiger partial charge in [-0.1, -0.05) is 0 Å². The smallest absolute Gasteiger partial charge is 0.0192 e. The molecule has 0 saturated carbocycles. The summed E-state index contributed by atoms with van der Waals surface area (Å²) in [6.07, 6.45) is 0. The molecule has 3 N–H and O–H groups in total. The Hall–Kier alpha value is -0.0800. The molecule has 2 nitrogen and oxygen atoms in total. The molecule has 0 unspecified atom stereocenters. The van der Waals surface area contributed by atoms with E-state index in [2.05, 4.69) is 33.0 Å². The molecule has 0 radical (unpaired) electrons. The van der Waals surface area contributed by atoms with Crippen LogP contribution in [-0.4, -0.2) is 17.6 Å². The molecule has 2 heteroatoms. The lowest BCUT2D eigenvalue weighted by atomic mass is 10.1. The minimum absolute atomic E-state index is 0.174. The van der Waals surface area contributed by atoms with E-state index in [-0.39, 0.29) is 11.6 Å². The molecule has 0 fully saturated rings. The molecule has 0 bridgehead atoms. The van der Waals surface area contributed by atoms with E-state index in [1.54, 1.807) is 0 Å². The largest absolute Gasteiger partial charge is 0.327 e. The van der Waals surface area contributed by atoms with Gasteiger partial charge in [-0.15, -0.1) is 0 Å². The second-order valence-electron chi connectivity index (χ2n) is 4.04. The van der Waals surface area contributed by atoms with Crippen molar-refractivity contribution in [2.75, 3.05) is 0 Å². The van der Waals surface area contributed by atoms with Gasteiger partial charge >= 0.3 is 0 Å². The quantitative estimate of drug-likeness (QED) is 0.609. The summed E-state index contributed by atoms with van der Waals surface area (Å²) < 4.78 is 0. The van der Waals surface area contributed by atoms with Crippen LogP contribution in [0, 0.1) is 0 Å². The monoisotopic (exact) mass is 144 g/mol. The average Bonchev–Trinajstić information content (AvgIpc) is 1.60. The highest BCUT2D eigenvalue weighted by atomic mass is 15.0. The molecule has 0 saturated heterocycles. The van der Waals surface area contributed by atoms with Gasteiger partial charge in [0.1, 0.15) is 0 Å². The van der Waals surface area contributed by atoms with Gasteiger partial charge in [0.2, 0.25) is 0 Å². The molecular weight excluding hydrogens is 124 g/mol. The molecule has 0 spiro atoms. The Bertz CT molecular complexity index is 91.9. The van der Waals surface area contributed by atoms with Crippen LogP contribution in [0.5, 0.6) is 0 Å². The average molecular weight is 144 g/mol. The Labute approximate surface area is 64.2 Å². The lowest BCUT2D eigenvalue weighted by molar-refractivity contribution is 0.346. The van der Waals surface area contributed by atoms with Crippen molar-refractivity contribution in [3.8, 4) is 0 Å². The van der Waals surface area contributed by atoms with Crippen molar-refractivity contribution >= 4 is 0 Å². The predicted molar refractivity (Wildman–Crippen MR) is 46.0 cm³/mol.